The highest BCUT2D eigenvalue weighted by Crippen LogP contribution is 2.17. The van der Waals surface area contributed by atoms with Crippen LogP contribution in [0.1, 0.15) is 21.5 Å². The third-order valence-corrected chi connectivity index (χ3v) is 3.43. The van der Waals surface area contributed by atoms with Crippen molar-refractivity contribution in [1.82, 2.24) is 10.3 Å². The van der Waals surface area contributed by atoms with Gasteiger partial charge in [-0.1, -0.05) is 15.9 Å². The Morgan fingerprint density at radius 1 is 1.41 bits per heavy atom. The molecule has 0 saturated carbocycles. The summed E-state index contributed by atoms with van der Waals surface area (Å²) in [7, 11) is 0. The number of aryl methyl sites for hydroxylation is 1. The zero-order valence-corrected chi connectivity index (χ0v) is 11.0. The number of amides is 1. The molecular formula is C13H13BrN2O. The predicted molar refractivity (Wildman–Crippen MR) is 70.8 cm³/mol. The van der Waals surface area contributed by atoms with Crippen molar-refractivity contribution in [3.63, 3.8) is 0 Å². The second-order valence-corrected chi connectivity index (χ2v) is 4.72. The minimum Gasteiger partial charge on any atom is -0.367 e. The van der Waals surface area contributed by atoms with E-state index in [0.29, 0.717) is 12.1 Å². The summed E-state index contributed by atoms with van der Waals surface area (Å²) in [4.78, 5) is 14.8. The second kappa shape index (κ2) is 5.19. The zero-order valence-electron chi connectivity index (χ0n) is 9.46. The van der Waals surface area contributed by atoms with Gasteiger partial charge in [0, 0.05) is 29.0 Å². The lowest BCUT2D eigenvalue weighted by Crippen LogP contribution is -2.22. The molecule has 2 N–H and O–H groups in total. The molecule has 17 heavy (non-hydrogen) atoms. The molecular weight excluding hydrogens is 280 g/mol. The second-order valence-electron chi connectivity index (χ2n) is 3.87. The van der Waals surface area contributed by atoms with Crippen LogP contribution in [0.2, 0.25) is 0 Å². The number of rotatable bonds is 3. The first kappa shape index (κ1) is 11.9. The number of carbonyl (C=O) groups is 1. The molecule has 1 heterocycles. The predicted octanol–water partition coefficient (Wildman–Crippen LogP) is 3.02. The molecule has 0 aliphatic heterocycles. The largest absolute Gasteiger partial charge is 0.367 e. The third kappa shape index (κ3) is 2.97. The van der Waals surface area contributed by atoms with Crippen LogP contribution >= 0.6 is 15.9 Å². The molecule has 0 unspecified atom stereocenters. The van der Waals surface area contributed by atoms with Crippen molar-refractivity contribution >= 4 is 21.8 Å². The average Bonchev–Trinajstić information content (AvgIpc) is 2.82. The first-order valence-corrected chi connectivity index (χ1v) is 6.12. The van der Waals surface area contributed by atoms with E-state index in [2.05, 4.69) is 26.2 Å². The van der Waals surface area contributed by atoms with Crippen molar-refractivity contribution in [2.24, 2.45) is 0 Å². The molecule has 1 aromatic heterocycles. The van der Waals surface area contributed by atoms with Crippen molar-refractivity contribution in [2.45, 2.75) is 13.5 Å². The van der Waals surface area contributed by atoms with E-state index in [0.717, 1.165) is 15.6 Å². The normalized spacial score (nSPS) is 10.2. The van der Waals surface area contributed by atoms with Gasteiger partial charge < -0.3 is 10.3 Å². The fourth-order valence-electron chi connectivity index (χ4n) is 1.54. The molecule has 0 bridgehead atoms. The van der Waals surface area contributed by atoms with Crippen molar-refractivity contribution in [1.29, 1.82) is 0 Å². The highest BCUT2D eigenvalue weighted by molar-refractivity contribution is 9.10. The molecule has 1 aromatic carbocycles. The Morgan fingerprint density at radius 2 is 2.24 bits per heavy atom. The maximum atomic E-state index is 11.9. The number of aromatic nitrogens is 1. The summed E-state index contributed by atoms with van der Waals surface area (Å²) < 4.78 is 1.01. The minimum atomic E-state index is -0.0539. The molecule has 2 aromatic rings. The molecule has 1 amide bonds. The van der Waals surface area contributed by atoms with Crippen LogP contribution in [0.3, 0.4) is 0 Å². The van der Waals surface area contributed by atoms with E-state index < -0.39 is 0 Å². The van der Waals surface area contributed by atoms with Crippen LogP contribution in [-0.4, -0.2) is 10.9 Å². The topological polar surface area (TPSA) is 44.9 Å². The maximum absolute atomic E-state index is 11.9. The van der Waals surface area contributed by atoms with E-state index >= 15 is 0 Å². The number of halogens is 1. The van der Waals surface area contributed by atoms with E-state index in [1.54, 1.807) is 0 Å². The summed E-state index contributed by atoms with van der Waals surface area (Å²) in [6.07, 6.45) is 3.71. The first-order valence-electron chi connectivity index (χ1n) is 5.33. The van der Waals surface area contributed by atoms with Gasteiger partial charge in [0.25, 0.3) is 5.91 Å². The molecule has 0 atom stereocenters. The number of hydrogen-bond donors (Lipinski definition) is 2. The van der Waals surface area contributed by atoms with Crippen LogP contribution in [-0.2, 0) is 6.54 Å². The van der Waals surface area contributed by atoms with Gasteiger partial charge in [-0.2, -0.15) is 0 Å². The van der Waals surface area contributed by atoms with Crippen molar-refractivity contribution in [3.05, 3.63) is 57.8 Å². The number of hydrogen-bond acceptors (Lipinski definition) is 1. The molecule has 0 saturated heterocycles. The van der Waals surface area contributed by atoms with Gasteiger partial charge in [0.1, 0.15) is 0 Å². The van der Waals surface area contributed by atoms with Gasteiger partial charge >= 0.3 is 0 Å². The van der Waals surface area contributed by atoms with E-state index in [4.69, 9.17) is 0 Å². The Kier molecular flexibility index (Phi) is 3.64. The van der Waals surface area contributed by atoms with Gasteiger partial charge in [0.05, 0.1) is 0 Å². The van der Waals surface area contributed by atoms with Crippen LogP contribution < -0.4 is 5.32 Å². The van der Waals surface area contributed by atoms with Crippen LogP contribution in [0.4, 0.5) is 0 Å². The number of aromatic amines is 1. The van der Waals surface area contributed by atoms with Crippen molar-refractivity contribution in [3.8, 4) is 0 Å². The molecule has 0 aliphatic carbocycles. The van der Waals surface area contributed by atoms with Crippen LogP contribution in [0.15, 0.2) is 41.1 Å². The summed E-state index contributed by atoms with van der Waals surface area (Å²) in [5.74, 6) is -0.0539. The highest BCUT2D eigenvalue weighted by Gasteiger charge is 2.06. The highest BCUT2D eigenvalue weighted by atomic mass is 79.9. The van der Waals surface area contributed by atoms with Crippen LogP contribution in [0.5, 0.6) is 0 Å². The zero-order chi connectivity index (χ0) is 12.3. The molecule has 3 nitrogen and oxygen atoms in total. The maximum Gasteiger partial charge on any atom is 0.251 e. The van der Waals surface area contributed by atoms with Crippen LogP contribution in [0, 0.1) is 6.92 Å². The monoisotopic (exact) mass is 292 g/mol. The van der Waals surface area contributed by atoms with Gasteiger partial charge in [-0.25, -0.2) is 0 Å². The first-order chi connectivity index (χ1) is 8.16. The third-order valence-electron chi connectivity index (χ3n) is 2.54. The lowest BCUT2D eigenvalue weighted by molar-refractivity contribution is 0.0951. The summed E-state index contributed by atoms with van der Waals surface area (Å²) >= 11 is 3.41. The van der Waals surface area contributed by atoms with Gasteiger partial charge in [-0.05, 0) is 42.3 Å². The SMILES string of the molecule is Cc1cc(C(=O)NCc2cc[nH]c2)ccc1Br. The molecule has 4 heteroatoms. The molecule has 0 spiro atoms. The number of benzene rings is 1. The van der Waals surface area contributed by atoms with Gasteiger partial charge in [-0.3, -0.25) is 4.79 Å². The van der Waals surface area contributed by atoms with Crippen molar-refractivity contribution < 1.29 is 4.79 Å². The molecule has 88 valence electrons. The molecule has 2 rings (SSSR count). The lowest BCUT2D eigenvalue weighted by Gasteiger charge is -2.05. The Labute approximate surface area is 108 Å². The van der Waals surface area contributed by atoms with E-state index in [1.165, 1.54) is 0 Å². The standard InChI is InChI=1S/C13H13BrN2O/c1-9-6-11(2-3-12(9)14)13(17)16-8-10-4-5-15-7-10/h2-7,15H,8H2,1H3,(H,16,17). The Bertz CT molecular complexity index is 520. The fraction of sp³-hybridized carbons (Fsp3) is 0.154. The minimum absolute atomic E-state index is 0.0539. The fourth-order valence-corrected chi connectivity index (χ4v) is 1.79. The smallest absolute Gasteiger partial charge is 0.251 e. The van der Waals surface area contributed by atoms with E-state index in [1.807, 2.05) is 43.6 Å². The number of carbonyl (C=O) groups excluding carboxylic acids is 1. The van der Waals surface area contributed by atoms with Crippen molar-refractivity contribution in [2.75, 3.05) is 0 Å². The van der Waals surface area contributed by atoms with Gasteiger partial charge in [-0.15, -0.1) is 0 Å². The average molecular weight is 293 g/mol. The summed E-state index contributed by atoms with van der Waals surface area (Å²) in [6, 6.07) is 7.51. The summed E-state index contributed by atoms with van der Waals surface area (Å²) in [6.45, 7) is 2.50. The van der Waals surface area contributed by atoms with E-state index in [9.17, 15) is 4.79 Å². The van der Waals surface area contributed by atoms with E-state index in [-0.39, 0.29) is 5.91 Å². The molecule has 0 radical (unpaired) electrons. The summed E-state index contributed by atoms with van der Waals surface area (Å²) in [5, 5.41) is 2.87. The Morgan fingerprint density at radius 3 is 2.88 bits per heavy atom. The van der Waals surface area contributed by atoms with Crippen LogP contribution in [0.25, 0.3) is 0 Å². The van der Waals surface area contributed by atoms with Gasteiger partial charge in [0.15, 0.2) is 0 Å². The number of H-pyrrole nitrogens is 1. The number of nitrogens with one attached hydrogen (secondary N) is 2. The lowest BCUT2D eigenvalue weighted by atomic mass is 10.1. The molecule has 0 fully saturated rings. The Hall–Kier alpha value is -1.55. The quantitative estimate of drug-likeness (QED) is 0.897. The molecule has 0 aliphatic rings. The summed E-state index contributed by atoms with van der Waals surface area (Å²) in [5.41, 5.74) is 2.80. The van der Waals surface area contributed by atoms with Gasteiger partial charge in [0.2, 0.25) is 0 Å². The Balaban J connectivity index is 2.02.